The van der Waals surface area contributed by atoms with E-state index in [9.17, 15) is 18.7 Å². The number of carboxylic acids is 1. The molecule has 1 aromatic heterocycles. The van der Waals surface area contributed by atoms with Crippen molar-refractivity contribution in [1.82, 2.24) is 9.97 Å². The van der Waals surface area contributed by atoms with E-state index in [1.165, 1.54) is 30.3 Å². The van der Waals surface area contributed by atoms with Gasteiger partial charge in [0.25, 0.3) is 0 Å². The van der Waals surface area contributed by atoms with Crippen molar-refractivity contribution in [2.45, 2.75) is 18.9 Å². The Morgan fingerprint density at radius 3 is 2.54 bits per heavy atom. The number of carbonyl (C=O) groups is 1. The van der Waals surface area contributed by atoms with Crippen LogP contribution in [0.2, 0.25) is 0 Å². The van der Waals surface area contributed by atoms with E-state index in [-0.39, 0.29) is 17.2 Å². The molecule has 3 aromatic rings. The van der Waals surface area contributed by atoms with E-state index in [1.807, 2.05) is 11.9 Å². The smallest absolute Gasteiger partial charge is 0.335 e. The van der Waals surface area contributed by atoms with Gasteiger partial charge in [0.05, 0.1) is 16.6 Å². The highest BCUT2D eigenvalue weighted by Gasteiger charge is 2.30. The van der Waals surface area contributed by atoms with Crippen LogP contribution in [0.3, 0.4) is 0 Å². The monoisotopic (exact) mass is 355 g/mol. The van der Waals surface area contributed by atoms with Crippen molar-refractivity contribution in [3.63, 3.8) is 0 Å². The van der Waals surface area contributed by atoms with Gasteiger partial charge >= 0.3 is 5.97 Å². The Morgan fingerprint density at radius 2 is 1.88 bits per heavy atom. The molecule has 1 saturated carbocycles. The molecule has 5 nitrogen and oxygen atoms in total. The third-order valence-corrected chi connectivity index (χ3v) is 4.51. The van der Waals surface area contributed by atoms with Gasteiger partial charge in [0, 0.05) is 24.7 Å². The lowest BCUT2D eigenvalue weighted by Gasteiger charge is -2.21. The summed E-state index contributed by atoms with van der Waals surface area (Å²) < 4.78 is 27.7. The van der Waals surface area contributed by atoms with Crippen molar-refractivity contribution in [2.75, 3.05) is 11.9 Å². The fraction of sp³-hybridized carbons (Fsp3) is 0.211. The van der Waals surface area contributed by atoms with Gasteiger partial charge in [-0.15, -0.1) is 0 Å². The summed E-state index contributed by atoms with van der Waals surface area (Å²) in [5.41, 5.74) is 1.44. The first-order valence-corrected chi connectivity index (χ1v) is 8.17. The Labute approximate surface area is 147 Å². The number of hydrogen-bond acceptors (Lipinski definition) is 4. The van der Waals surface area contributed by atoms with Gasteiger partial charge in [0.1, 0.15) is 17.3 Å². The van der Waals surface area contributed by atoms with Crippen LogP contribution in [0.25, 0.3) is 22.3 Å². The molecule has 2 aromatic carbocycles. The maximum absolute atomic E-state index is 14.4. The molecule has 1 aliphatic rings. The molecule has 0 saturated heterocycles. The zero-order chi connectivity index (χ0) is 18.4. The molecule has 0 unspecified atom stereocenters. The number of aromatic carboxylic acids is 1. The fourth-order valence-corrected chi connectivity index (χ4v) is 2.92. The van der Waals surface area contributed by atoms with Gasteiger partial charge in [-0.1, -0.05) is 0 Å². The third-order valence-electron chi connectivity index (χ3n) is 4.51. The molecule has 1 aliphatic carbocycles. The number of benzene rings is 2. The Kier molecular flexibility index (Phi) is 3.79. The molecule has 1 N–H and O–H groups in total. The number of hydrogen-bond donors (Lipinski definition) is 1. The Hall–Kier alpha value is -3.09. The summed E-state index contributed by atoms with van der Waals surface area (Å²) in [7, 11) is 1.85. The van der Waals surface area contributed by atoms with Gasteiger partial charge in [-0.25, -0.2) is 23.5 Å². The molecule has 0 amide bonds. The van der Waals surface area contributed by atoms with Crippen molar-refractivity contribution >= 4 is 22.8 Å². The highest BCUT2D eigenvalue weighted by atomic mass is 19.1. The fourth-order valence-electron chi connectivity index (χ4n) is 2.92. The molecule has 7 heteroatoms. The predicted molar refractivity (Wildman–Crippen MR) is 93.3 cm³/mol. The van der Waals surface area contributed by atoms with E-state index in [4.69, 9.17) is 0 Å². The normalized spacial score (nSPS) is 13.8. The molecular formula is C19H15F2N3O2. The first-order chi connectivity index (χ1) is 12.4. The second-order valence-electron chi connectivity index (χ2n) is 6.37. The Bertz CT molecular complexity index is 1030. The van der Waals surface area contributed by atoms with Crippen molar-refractivity contribution in [3.05, 3.63) is 53.6 Å². The quantitative estimate of drug-likeness (QED) is 0.769. The molecular weight excluding hydrogens is 340 g/mol. The van der Waals surface area contributed by atoms with E-state index < -0.39 is 17.6 Å². The molecule has 0 radical (unpaired) electrons. The molecule has 132 valence electrons. The second kappa shape index (κ2) is 6.01. The number of carboxylic acid groups (broad SMARTS) is 1. The number of fused-ring (bicyclic) bond motifs is 1. The molecule has 0 atom stereocenters. The van der Waals surface area contributed by atoms with Crippen LogP contribution in [0, 0.1) is 11.6 Å². The van der Waals surface area contributed by atoms with Gasteiger partial charge in [-0.3, -0.25) is 0 Å². The van der Waals surface area contributed by atoms with Crippen molar-refractivity contribution in [1.29, 1.82) is 0 Å². The molecule has 0 spiro atoms. The minimum atomic E-state index is -1.06. The van der Waals surface area contributed by atoms with Gasteiger partial charge in [0.2, 0.25) is 0 Å². The summed E-state index contributed by atoms with van der Waals surface area (Å²) in [6, 6.07) is 8.03. The Morgan fingerprint density at radius 1 is 1.12 bits per heavy atom. The SMILES string of the molecule is CN(c1nc2cc(C(=O)O)ccc2nc1-c1ccc(F)cc1F)C1CC1. The van der Waals surface area contributed by atoms with Crippen LogP contribution >= 0.6 is 0 Å². The van der Waals surface area contributed by atoms with Crippen LogP contribution in [-0.4, -0.2) is 34.1 Å². The van der Waals surface area contributed by atoms with E-state index in [0.717, 1.165) is 18.9 Å². The number of aromatic nitrogens is 2. The van der Waals surface area contributed by atoms with Gasteiger partial charge in [-0.2, -0.15) is 0 Å². The molecule has 0 aliphatic heterocycles. The molecule has 4 rings (SSSR count). The summed E-state index contributed by atoms with van der Waals surface area (Å²) in [4.78, 5) is 22.2. The first kappa shape index (κ1) is 16.4. The second-order valence-corrected chi connectivity index (χ2v) is 6.37. The van der Waals surface area contributed by atoms with Crippen LogP contribution in [0.4, 0.5) is 14.6 Å². The first-order valence-electron chi connectivity index (χ1n) is 8.17. The number of nitrogens with zero attached hydrogens (tertiary/aromatic N) is 3. The largest absolute Gasteiger partial charge is 0.478 e. The lowest BCUT2D eigenvalue weighted by Crippen LogP contribution is -2.22. The minimum absolute atomic E-state index is 0.104. The van der Waals surface area contributed by atoms with Crippen LogP contribution in [0.5, 0.6) is 0 Å². The number of rotatable bonds is 4. The summed E-state index contributed by atoms with van der Waals surface area (Å²) in [5.74, 6) is -1.98. The predicted octanol–water partition coefficient (Wildman–Crippen LogP) is 3.87. The molecule has 1 heterocycles. The number of halogens is 2. The van der Waals surface area contributed by atoms with Gasteiger partial charge < -0.3 is 10.0 Å². The molecule has 1 fully saturated rings. The zero-order valence-corrected chi connectivity index (χ0v) is 13.9. The van der Waals surface area contributed by atoms with Gasteiger partial charge in [-0.05, 0) is 43.2 Å². The zero-order valence-electron chi connectivity index (χ0n) is 13.9. The maximum Gasteiger partial charge on any atom is 0.335 e. The summed E-state index contributed by atoms with van der Waals surface area (Å²) in [6.07, 6.45) is 1.99. The summed E-state index contributed by atoms with van der Waals surface area (Å²) >= 11 is 0. The average Bonchev–Trinajstić information content (AvgIpc) is 3.44. The lowest BCUT2D eigenvalue weighted by molar-refractivity contribution is 0.0697. The van der Waals surface area contributed by atoms with E-state index in [2.05, 4.69) is 9.97 Å². The van der Waals surface area contributed by atoms with Crippen LogP contribution < -0.4 is 4.90 Å². The maximum atomic E-state index is 14.4. The van der Waals surface area contributed by atoms with Crippen LogP contribution in [-0.2, 0) is 0 Å². The van der Waals surface area contributed by atoms with Crippen LogP contribution in [0.15, 0.2) is 36.4 Å². The van der Waals surface area contributed by atoms with Crippen molar-refractivity contribution in [2.24, 2.45) is 0 Å². The summed E-state index contributed by atoms with van der Waals surface area (Å²) in [5, 5.41) is 9.17. The van der Waals surface area contributed by atoms with E-state index >= 15 is 0 Å². The highest BCUT2D eigenvalue weighted by Crippen LogP contribution is 2.36. The summed E-state index contributed by atoms with van der Waals surface area (Å²) in [6.45, 7) is 0. The average molecular weight is 355 g/mol. The topological polar surface area (TPSA) is 66.3 Å². The lowest BCUT2D eigenvalue weighted by atomic mass is 10.1. The van der Waals surface area contributed by atoms with E-state index in [0.29, 0.717) is 22.5 Å². The van der Waals surface area contributed by atoms with E-state index in [1.54, 1.807) is 0 Å². The number of anilines is 1. The van der Waals surface area contributed by atoms with Crippen molar-refractivity contribution < 1.29 is 18.7 Å². The highest BCUT2D eigenvalue weighted by molar-refractivity contribution is 5.93. The van der Waals surface area contributed by atoms with Crippen molar-refractivity contribution in [3.8, 4) is 11.3 Å². The van der Waals surface area contributed by atoms with Gasteiger partial charge in [0.15, 0.2) is 5.82 Å². The van der Waals surface area contributed by atoms with Crippen LogP contribution in [0.1, 0.15) is 23.2 Å². The molecule has 26 heavy (non-hydrogen) atoms. The standard InChI is InChI=1S/C19H15F2N3O2/c1-24(12-4-5-12)18-17(13-6-3-11(20)9-14(13)21)22-15-7-2-10(19(25)26)8-16(15)23-18/h2-3,6-9,12H,4-5H2,1H3,(H,25,26). The Balaban J connectivity index is 1.96. The molecule has 0 bridgehead atoms. The minimum Gasteiger partial charge on any atom is -0.478 e. The third kappa shape index (κ3) is 2.85.